The van der Waals surface area contributed by atoms with Gasteiger partial charge in [0, 0.05) is 7.05 Å². The van der Waals surface area contributed by atoms with E-state index in [1.807, 2.05) is 27.7 Å². The molecule has 0 saturated carbocycles. The van der Waals surface area contributed by atoms with Crippen LogP contribution in [0.5, 0.6) is 0 Å². The van der Waals surface area contributed by atoms with Crippen LogP contribution in [0.1, 0.15) is 43.7 Å². The molecule has 0 aromatic carbocycles. The number of anilines is 1. The molecule has 0 aliphatic rings. The van der Waals surface area contributed by atoms with Crippen molar-refractivity contribution in [3.63, 3.8) is 0 Å². The van der Waals surface area contributed by atoms with Gasteiger partial charge in [-0.25, -0.2) is 0 Å². The van der Waals surface area contributed by atoms with E-state index < -0.39 is 5.91 Å². The van der Waals surface area contributed by atoms with Crippen LogP contribution >= 0.6 is 0 Å². The van der Waals surface area contributed by atoms with E-state index in [1.165, 1.54) is 4.68 Å². The SMILES string of the molecule is CC.CC.Cc1nn(C)c(N)c1C(N)=O. The van der Waals surface area contributed by atoms with Gasteiger partial charge in [0.05, 0.1) is 5.69 Å². The van der Waals surface area contributed by atoms with Crippen LogP contribution < -0.4 is 11.5 Å². The molecule has 0 spiro atoms. The van der Waals surface area contributed by atoms with E-state index >= 15 is 0 Å². The number of rotatable bonds is 1. The highest BCUT2D eigenvalue weighted by Gasteiger charge is 2.14. The van der Waals surface area contributed by atoms with E-state index in [1.54, 1.807) is 14.0 Å². The molecule has 88 valence electrons. The van der Waals surface area contributed by atoms with Crippen molar-refractivity contribution in [1.82, 2.24) is 9.78 Å². The van der Waals surface area contributed by atoms with E-state index in [-0.39, 0.29) is 0 Å². The van der Waals surface area contributed by atoms with Crippen molar-refractivity contribution in [3.05, 3.63) is 11.3 Å². The standard InChI is InChI=1S/C6H10N4O.2C2H6/c1-3-4(6(8)11)5(7)10(2)9-3;2*1-2/h7H2,1-2H3,(H2,8,11);2*1-2H3. The Morgan fingerprint density at radius 1 is 1.27 bits per heavy atom. The molecule has 0 radical (unpaired) electrons. The quantitative estimate of drug-likeness (QED) is 0.742. The lowest BCUT2D eigenvalue weighted by Crippen LogP contribution is -2.14. The summed E-state index contributed by atoms with van der Waals surface area (Å²) in [5.41, 5.74) is 11.4. The predicted octanol–water partition coefficient (Wildman–Crippen LogP) is 1.46. The zero-order valence-corrected chi connectivity index (χ0v) is 10.5. The summed E-state index contributed by atoms with van der Waals surface area (Å²) in [4.78, 5) is 10.7. The minimum absolute atomic E-state index is 0.313. The Bertz CT molecular complexity index is 305. The van der Waals surface area contributed by atoms with E-state index in [4.69, 9.17) is 11.5 Å². The number of aryl methyl sites for hydroxylation is 2. The number of nitrogens with two attached hydrogens (primary N) is 2. The minimum Gasteiger partial charge on any atom is -0.383 e. The Hall–Kier alpha value is -1.52. The molecule has 0 saturated heterocycles. The maximum atomic E-state index is 10.7. The second kappa shape index (κ2) is 7.84. The molecule has 1 rings (SSSR count). The van der Waals surface area contributed by atoms with Crippen LogP contribution in [0.2, 0.25) is 0 Å². The zero-order valence-electron chi connectivity index (χ0n) is 10.5. The van der Waals surface area contributed by atoms with Gasteiger partial charge in [0.25, 0.3) is 5.91 Å². The largest absolute Gasteiger partial charge is 0.383 e. The number of hydrogen-bond acceptors (Lipinski definition) is 3. The Kier molecular flexibility index (Phi) is 8.33. The number of carbonyl (C=O) groups is 1. The second-order valence-electron chi connectivity index (χ2n) is 2.33. The van der Waals surface area contributed by atoms with Gasteiger partial charge in [-0.05, 0) is 6.92 Å². The number of amides is 1. The number of aromatic nitrogens is 2. The topological polar surface area (TPSA) is 86.9 Å². The first-order valence-corrected chi connectivity index (χ1v) is 5.13. The molecule has 15 heavy (non-hydrogen) atoms. The predicted molar refractivity (Wildman–Crippen MR) is 63.6 cm³/mol. The van der Waals surface area contributed by atoms with Crippen molar-refractivity contribution < 1.29 is 4.79 Å². The van der Waals surface area contributed by atoms with Crippen LogP contribution in [0.25, 0.3) is 0 Å². The third-order valence-electron chi connectivity index (χ3n) is 1.51. The zero-order chi connectivity index (χ0) is 12.6. The van der Waals surface area contributed by atoms with Gasteiger partial charge in [-0.3, -0.25) is 9.48 Å². The monoisotopic (exact) mass is 214 g/mol. The molecule has 1 heterocycles. The minimum atomic E-state index is -0.534. The van der Waals surface area contributed by atoms with Crippen LogP contribution in [-0.2, 0) is 7.05 Å². The summed E-state index contributed by atoms with van der Waals surface area (Å²) in [7, 11) is 1.66. The Morgan fingerprint density at radius 3 is 1.80 bits per heavy atom. The number of primary amides is 1. The Labute approximate surface area is 91.4 Å². The molecule has 0 atom stereocenters. The second-order valence-corrected chi connectivity index (χ2v) is 2.33. The van der Waals surface area contributed by atoms with Crippen molar-refractivity contribution in [2.45, 2.75) is 34.6 Å². The number of nitrogens with zero attached hydrogens (tertiary/aromatic N) is 2. The molecule has 0 aliphatic carbocycles. The molecular weight excluding hydrogens is 192 g/mol. The first kappa shape index (κ1) is 15.9. The molecular formula is C10H22N4O. The lowest BCUT2D eigenvalue weighted by molar-refractivity contribution is 0.100. The molecule has 0 fully saturated rings. The third kappa shape index (κ3) is 4.01. The van der Waals surface area contributed by atoms with Crippen molar-refractivity contribution in [1.29, 1.82) is 0 Å². The first-order valence-electron chi connectivity index (χ1n) is 5.13. The van der Waals surface area contributed by atoms with Crippen LogP contribution in [0.3, 0.4) is 0 Å². The highest BCUT2D eigenvalue weighted by molar-refractivity contribution is 5.98. The maximum absolute atomic E-state index is 10.7. The number of hydrogen-bond donors (Lipinski definition) is 2. The van der Waals surface area contributed by atoms with Crippen LogP contribution in [-0.4, -0.2) is 15.7 Å². The molecule has 1 aromatic rings. The van der Waals surface area contributed by atoms with Gasteiger partial charge in [0.2, 0.25) is 0 Å². The summed E-state index contributed by atoms with van der Waals surface area (Å²) in [6, 6.07) is 0. The lowest BCUT2D eigenvalue weighted by atomic mass is 10.2. The van der Waals surface area contributed by atoms with Gasteiger partial charge in [-0.1, -0.05) is 27.7 Å². The summed E-state index contributed by atoms with van der Waals surface area (Å²) in [5, 5.41) is 3.92. The average Bonchev–Trinajstić information content (AvgIpc) is 2.47. The summed E-state index contributed by atoms with van der Waals surface area (Å²) >= 11 is 0. The molecule has 1 amide bonds. The van der Waals surface area contributed by atoms with E-state index in [0.29, 0.717) is 17.1 Å². The van der Waals surface area contributed by atoms with Crippen molar-refractivity contribution in [3.8, 4) is 0 Å². The summed E-state index contributed by atoms with van der Waals surface area (Å²) < 4.78 is 1.43. The Morgan fingerprint density at radius 2 is 1.67 bits per heavy atom. The van der Waals surface area contributed by atoms with Gasteiger partial charge in [0.1, 0.15) is 11.4 Å². The molecule has 5 nitrogen and oxygen atoms in total. The van der Waals surface area contributed by atoms with Gasteiger partial charge in [0.15, 0.2) is 0 Å². The normalized spacial score (nSPS) is 8.13. The number of carbonyl (C=O) groups excluding carboxylic acids is 1. The molecule has 4 N–H and O–H groups in total. The highest BCUT2D eigenvalue weighted by Crippen LogP contribution is 2.13. The van der Waals surface area contributed by atoms with Gasteiger partial charge in [-0.2, -0.15) is 5.10 Å². The van der Waals surface area contributed by atoms with Crippen molar-refractivity contribution in [2.75, 3.05) is 5.73 Å². The molecule has 0 unspecified atom stereocenters. The molecule has 5 heteroatoms. The smallest absolute Gasteiger partial charge is 0.254 e. The van der Waals surface area contributed by atoms with E-state index in [9.17, 15) is 4.79 Å². The average molecular weight is 214 g/mol. The maximum Gasteiger partial charge on any atom is 0.254 e. The fourth-order valence-electron chi connectivity index (χ4n) is 0.981. The van der Waals surface area contributed by atoms with Crippen molar-refractivity contribution in [2.24, 2.45) is 12.8 Å². The Balaban J connectivity index is 0. The fraction of sp³-hybridized carbons (Fsp3) is 0.600. The highest BCUT2D eigenvalue weighted by atomic mass is 16.1. The third-order valence-corrected chi connectivity index (χ3v) is 1.51. The summed E-state index contributed by atoms with van der Waals surface area (Å²) in [5.74, 6) is -0.219. The van der Waals surface area contributed by atoms with Gasteiger partial charge >= 0.3 is 0 Å². The van der Waals surface area contributed by atoms with Crippen LogP contribution in [0.15, 0.2) is 0 Å². The van der Waals surface area contributed by atoms with Crippen molar-refractivity contribution >= 4 is 11.7 Å². The number of nitrogen functional groups attached to an aromatic ring is 1. The van der Waals surface area contributed by atoms with Crippen LogP contribution in [0, 0.1) is 6.92 Å². The fourth-order valence-corrected chi connectivity index (χ4v) is 0.981. The van der Waals surface area contributed by atoms with Gasteiger partial charge < -0.3 is 11.5 Å². The molecule has 1 aromatic heterocycles. The lowest BCUT2D eigenvalue weighted by Gasteiger charge is -1.94. The summed E-state index contributed by atoms with van der Waals surface area (Å²) in [6.07, 6.45) is 0. The van der Waals surface area contributed by atoms with Crippen LogP contribution in [0.4, 0.5) is 5.82 Å². The molecule has 0 aliphatic heterocycles. The van der Waals surface area contributed by atoms with E-state index in [2.05, 4.69) is 5.10 Å². The summed E-state index contributed by atoms with van der Waals surface area (Å²) in [6.45, 7) is 9.69. The first-order chi connectivity index (χ1) is 7.04. The van der Waals surface area contributed by atoms with E-state index in [0.717, 1.165) is 0 Å². The van der Waals surface area contributed by atoms with Gasteiger partial charge in [-0.15, -0.1) is 0 Å². The molecule has 0 bridgehead atoms.